The van der Waals surface area contributed by atoms with E-state index in [4.69, 9.17) is 9.98 Å². The van der Waals surface area contributed by atoms with Gasteiger partial charge in [-0.3, -0.25) is 9.98 Å². The first-order valence-corrected chi connectivity index (χ1v) is 14.4. The van der Waals surface area contributed by atoms with Gasteiger partial charge in [-0.15, -0.1) is 0 Å². The lowest BCUT2D eigenvalue weighted by atomic mass is 9.83. The van der Waals surface area contributed by atoms with Gasteiger partial charge in [0.1, 0.15) is 11.5 Å². The van der Waals surface area contributed by atoms with Crippen LogP contribution in [0.1, 0.15) is 140 Å². The molecule has 0 radical (unpaired) electrons. The standard InChI is InChI=1S/C34H50N2O2/c1-21(2)29-16-25(33(5,6)7)14-23(31(29)37)19-35-27-12-11-13-28(18-27)36-20-24-15-26(34(8,9)10)17-30(22(3)4)32(24)38/h14-17,19-22,27-28,37-38H,11-13,18H2,1-10H3. The lowest BCUT2D eigenvalue weighted by molar-refractivity contribution is 0.397. The van der Waals surface area contributed by atoms with E-state index in [0.29, 0.717) is 11.5 Å². The van der Waals surface area contributed by atoms with Gasteiger partial charge in [-0.05, 0) is 82.7 Å². The summed E-state index contributed by atoms with van der Waals surface area (Å²) in [6, 6.07) is 8.79. The predicted molar refractivity (Wildman–Crippen MR) is 163 cm³/mol. The maximum atomic E-state index is 11.0. The first-order valence-electron chi connectivity index (χ1n) is 14.4. The monoisotopic (exact) mass is 518 g/mol. The van der Waals surface area contributed by atoms with E-state index >= 15 is 0 Å². The summed E-state index contributed by atoms with van der Waals surface area (Å²) in [6.45, 7) is 21.7. The fourth-order valence-electron chi connectivity index (χ4n) is 5.08. The fourth-order valence-corrected chi connectivity index (χ4v) is 5.08. The van der Waals surface area contributed by atoms with E-state index in [-0.39, 0.29) is 34.7 Å². The Bertz CT molecular complexity index is 1080. The van der Waals surface area contributed by atoms with Crippen LogP contribution in [0, 0.1) is 0 Å². The Kier molecular flexibility index (Phi) is 9.16. The van der Waals surface area contributed by atoms with Crippen molar-refractivity contribution in [3.05, 3.63) is 57.6 Å². The van der Waals surface area contributed by atoms with Crippen molar-refractivity contribution in [2.45, 2.75) is 130 Å². The largest absolute Gasteiger partial charge is 0.507 e. The van der Waals surface area contributed by atoms with Gasteiger partial charge in [0, 0.05) is 23.6 Å². The number of phenolic OH excluding ortho intramolecular Hbond substituents is 2. The zero-order valence-corrected chi connectivity index (χ0v) is 25.4. The van der Waals surface area contributed by atoms with Crippen LogP contribution in [0.2, 0.25) is 0 Å². The molecule has 3 rings (SSSR count). The van der Waals surface area contributed by atoms with E-state index < -0.39 is 0 Å². The molecule has 0 saturated heterocycles. The van der Waals surface area contributed by atoms with Gasteiger partial charge in [0.2, 0.25) is 0 Å². The Hall–Kier alpha value is -2.62. The quantitative estimate of drug-likeness (QED) is 0.375. The third-order valence-electron chi connectivity index (χ3n) is 7.78. The Balaban J connectivity index is 1.83. The molecule has 0 heterocycles. The third kappa shape index (κ3) is 7.27. The molecule has 4 nitrogen and oxygen atoms in total. The van der Waals surface area contributed by atoms with E-state index in [9.17, 15) is 10.2 Å². The van der Waals surface area contributed by atoms with Crippen LogP contribution in [0.15, 0.2) is 34.3 Å². The summed E-state index contributed by atoms with van der Waals surface area (Å²) in [5.74, 6) is 1.17. The first-order chi connectivity index (χ1) is 17.6. The average molecular weight is 519 g/mol. The molecule has 2 aromatic rings. The van der Waals surface area contributed by atoms with Gasteiger partial charge in [0.15, 0.2) is 0 Å². The summed E-state index contributed by atoms with van der Waals surface area (Å²) in [5.41, 5.74) is 5.97. The minimum Gasteiger partial charge on any atom is -0.507 e. The van der Waals surface area contributed by atoms with Gasteiger partial charge in [0.05, 0.1) is 12.1 Å². The molecule has 1 aliphatic carbocycles. The molecule has 1 saturated carbocycles. The van der Waals surface area contributed by atoms with E-state index in [0.717, 1.165) is 47.9 Å². The van der Waals surface area contributed by atoms with Crippen LogP contribution in [-0.2, 0) is 10.8 Å². The topological polar surface area (TPSA) is 65.2 Å². The van der Waals surface area contributed by atoms with Gasteiger partial charge in [-0.25, -0.2) is 0 Å². The van der Waals surface area contributed by atoms with E-state index in [1.165, 1.54) is 11.1 Å². The van der Waals surface area contributed by atoms with Crippen molar-refractivity contribution in [1.29, 1.82) is 0 Å². The highest BCUT2D eigenvalue weighted by Crippen LogP contribution is 2.36. The summed E-state index contributed by atoms with van der Waals surface area (Å²) in [6.07, 6.45) is 7.76. The minimum absolute atomic E-state index is 0.00410. The van der Waals surface area contributed by atoms with Crippen molar-refractivity contribution < 1.29 is 10.2 Å². The normalized spacial score (nSPS) is 19.4. The second kappa shape index (κ2) is 11.6. The number of hydrogen-bond donors (Lipinski definition) is 2. The van der Waals surface area contributed by atoms with Crippen LogP contribution in [0.25, 0.3) is 0 Å². The molecule has 2 N–H and O–H groups in total. The summed E-state index contributed by atoms with van der Waals surface area (Å²) in [4.78, 5) is 9.87. The van der Waals surface area contributed by atoms with Crippen molar-refractivity contribution in [2.75, 3.05) is 0 Å². The maximum absolute atomic E-state index is 11.0. The summed E-state index contributed by atoms with van der Waals surface area (Å²) in [5, 5.41) is 21.9. The maximum Gasteiger partial charge on any atom is 0.127 e. The van der Waals surface area contributed by atoms with Crippen molar-refractivity contribution >= 4 is 12.4 Å². The van der Waals surface area contributed by atoms with Crippen molar-refractivity contribution in [3.63, 3.8) is 0 Å². The fraction of sp³-hybridized carbons (Fsp3) is 0.588. The van der Waals surface area contributed by atoms with Crippen LogP contribution in [0.4, 0.5) is 0 Å². The van der Waals surface area contributed by atoms with Gasteiger partial charge in [0.25, 0.3) is 0 Å². The molecule has 0 bridgehead atoms. The number of aliphatic imine (C=N–C) groups is 2. The third-order valence-corrected chi connectivity index (χ3v) is 7.78. The molecule has 2 unspecified atom stereocenters. The van der Waals surface area contributed by atoms with Crippen LogP contribution in [0.5, 0.6) is 11.5 Å². The lowest BCUT2D eigenvalue weighted by Crippen LogP contribution is -2.21. The first kappa shape index (κ1) is 29.9. The summed E-state index contributed by atoms with van der Waals surface area (Å²) < 4.78 is 0. The zero-order chi connectivity index (χ0) is 28.4. The number of phenols is 2. The Morgan fingerprint density at radius 2 is 1.05 bits per heavy atom. The van der Waals surface area contributed by atoms with Crippen molar-refractivity contribution in [3.8, 4) is 11.5 Å². The molecule has 2 aromatic carbocycles. The summed E-state index contributed by atoms with van der Waals surface area (Å²) >= 11 is 0. The van der Waals surface area contributed by atoms with E-state index in [2.05, 4.69) is 93.5 Å². The van der Waals surface area contributed by atoms with Gasteiger partial charge < -0.3 is 10.2 Å². The second-order valence-electron chi connectivity index (χ2n) is 13.8. The smallest absolute Gasteiger partial charge is 0.127 e. The van der Waals surface area contributed by atoms with Gasteiger partial charge >= 0.3 is 0 Å². The molecular weight excluding hydrogens is 468 g/mol. The Labute approximate surface area is 231 Å². The Morgan fingerprint density at radius 3 is 1.37 bits per heavy atom. The van der Waals surface area contributed by atoms with Crippen LogP contribution >= 0.6 is 0 Å². The van der Waals surface area contributed by atoms with E-state index in [1.54, 1.807) is 0 Å². The number of aromatic hydroxyl groups is 2. The molecule has 208 valence electrons. The number of rotatable bonds is 6. The number of nitrogens with zero attached hydrogens (tertiary/aromatic N) is 2. The van der Waals surface area contributed by atoms with E-state index in [1.807, 2.05) is 12.4 Å². The second-order valence-corrected chi connectivity index (χ2v) is 13.8. The molecule has 1 aliphatic rings. The molecule has 0 spiro atoms. The molecule has 2 atom stereocenters. The Morgan fingerprint density at radius 1 is 0.684 bits per heavy atom. The molecule has 0 aliphatic heterocycles. The molecule has 0 aromatic heterocycles. The minimum atomic E-state index is -0.00410. The van der Waals surface area contributed by atoms with Crippen LogP contribution < -0.4 is 0 Å². The molecule has 4 heteroatoms. The zero-order valence-electron chi connectivity index (χ0n) is 25.4. The number of benzene rings is 2. The SMILES string of the molecule is CC(C)c1cc(C(C)(C)C)cc(C=NC2CCCC(N=Cc3cc(C(C)(C)C)cc(C(C)C)c3O)C2)c1O. The van der Waals surface area contributed by atoms with Gasteiger partial charge in [-0.1, -0.05) is 81.4 Å². The molecule has 0 amide bonds. The summed E-state index contributed by atoms with van der Waals surface area (Å²) in [7, 11) is 0. The lowest BCUT2D eigenvalue weighted by Gasteiger charge is -2.25. The molecule has 38 heavy (non-hydrogen) atoms. The number of hydrogen-bond acceptors (Lipinski definition) is 4. The van der Waals surface area contributed by atoms with Gasteiger partial charge in [-0.2, -0.15) is 0 Å². The molecule has 1 fully saturated rings. The molecular formula is C34H50N2O2. The predicted octanol–water partition coefficient (Wildman–Crippen LogP) is 8.79. The van der Waals surface area contributed by atoms with Crippen LogP contribution in [0.3, 0.4) is 0 Å². The van der Waals surface area contributed by atoms with Crippen LogP contribution in [-0.4, -0.2) is 34.7 Å². The van der Waals surface area contributed by atoms with Crippen molar-refractivity contribution in [1.82, 2.24) is 0 Å². The average Bonchev–Trinajstić information content (AvgIpc) is 2.81. The van der Waals surface area contributed by atoms with Crippen molar-refractivity contribution in [2.24, 2.45) is 9.98 Å². The highest BCUT2D eigenvalue weighted by Gasteiger charge is 2.23. The highest BCUT2D eigenvalue weighted by molar-refractivity contribution is 5.85. The highest BCUT2D eigenvalue weighted by atomic mass is 16.3.